The van der Waals surface area contributed by atoms with E-state index in [1.165, 1.54) is 10.4 Å². The molecule has 0 aliphatic carbocycles. The van der Waals surface area contributed by atoms with Crippen LogP contribution in [0.5, 0.6) is 0 Å². The van der Waals surface area contributed by atoms with Gasteiger partial charge in [-0.2, -0.15) is 4.31 Å². The molecule has 2 aromatic carbocycles. The number of aryl methyl sites for hydroxylation is 2. The molecule has 1 aliphatic rings. The summed E-state index contributed by atoms with van der Waals surface area (Å²) in [6.45, 7) is 6.91. The number of hydrogen-bond donors (Lipinski definition) is 1. The topological polar surface area (TPSA) is 99.5 Å². The van der Waals surface area contributed by atoms with Gasteiger partial charge >= 0.3 is 5.76 Å². The molecule has 0 fully saturated rings. The van der Waals surface area contributed by atoms with Crippen molar-refractivity contribution >= 4 is 27.3 Å². The van der Waals surface area contributed by atoms with Crippen LogP contribution in [0.25, 0.3) is 0 Å². The predicted octanol–water partition coefficient (Wildman–Crippen LogP) is 4.02. The van der Waals surface area contributed by atoms with Crippen molar-refractivity contribution in [1.29, 1.82) is 0 Å². The van der Waals surface area contributed by atoms with Gasteiger partial charge in [0, 0.05) is 18.0 Å². The van der Waals surface area contributed by atoms with Gasteiger partial charge in [-0.05, 0) is 61.2 Å². The van der Waals surface area contributed by atoms with Gasteiger partial charge in [0.2, 0.25) is 15.9 Å². The van der Waals surface area contributed by atoms with Crippen molar-refractivity contribution in [3.05, 3.63) is 73.8 Å². The van der Waals surface area contributed by atoms with Crippen molar-refractivity contribution in [3.63, 3.8) is 0 Å². The molecule has 3 aromatic rings. The number of anilines is 1. The Hall–Kier alpha value is -2.69. The predicted molar refractivity (Wildman–Crippen MR) is 123 cm³/mol. The standard InChI is InChI=1S/C22H24ClFN4O4S/c1-11-6-7-16(24)18(13(11)3)14(4)19(21-25-26-22(29)32-21)28-10-27(5)17-9-15(23)8-12(2)20(17)33(28,30)31/h6-9,14,19H,10H2,1-5H3,(H,26,29)/t14-,19+/m1/s1. The van der Waals surface area contributed by atoms with Gasteiger partial charge in [-0.25, -0.2) is 22.7 Å². The fraction of sp³-hybridized carbons (Fsp3) is 0.364. The number of aromatic amines is 1. The van der Waals surface area contributed by atoms with Crippen LogP contribution in [0.15, 0.2) is 38.4 Å². The zero-order valence-corrected chi connectivity index (χ0v) is 20.4. The molecule has 0 radical (unpaired) electrons. The van der Waals surface area contributed by atoms with Crippen molar-refractivity contribution in [2.75, 3.05) is 18.6 Å². The van der Waals surface area contributed by atoms with Crippen LogP contribution in [0.2, 0.25) is 5.02 Å². The van der Waals surface area contributed by atoms with Crippen LogP contribution in [0.4, 0.5) is 10.1 Å². The van der Waals surface area contributed by atoms with Crippen molar-refractivity contribution in [2.45, 2.75) is 44.6 Å². The molecule has 2 atom stereocenters. The van der Waals surface area contributed by atoms with E-state index in [9.17, 15) is 13.2 Å². The van der Waals surface area contributed by atoms with E-state index < -0.39 is 33.6 Å². The zero-order chi connectivity index (χ0) is 24.2. The molecule has 1 aromatic heterocycles. The Morgan fingerprint density at radius 1 is 1.21 bits per heavy atom. The number of benzene rings is 2. The van der Waals surface area contributed by atoms with Gasteiger partial charge < -0.3 is 9.32 Å². The number of hydrogen-bond acceptors (Lipinski definition) is 6. The van der Waals surface area contributed by atoms with Gasteiger partial charge in [0.25, 0.3) is 0 Å². The van der Waals surface area contributed by atoms with E-state index in [1.54, 1.807) is 50.9 Å². The van der Waals surface area contributed by atoms with E-state index in [2.05, 4.69) is 10.2 Å². The summed E-state index contributed by atoms with van der Waals surface area (Å²) in [5.74, 6) is -2.16. The number of halogens is 2. The van der Waals surface area contributed by atoms with E-state index in [0.717, 1.165) is 5.56 Å². The quantitative estimate of drug-likeness (QED) is 0.588. The highest BCUT2D eigenvalue weighted by atomic mass is 35.5. The van der Waals surface area contributed by atoms with Gasteiger partial charge in [0.1, 0.15) is 16.8 Å². The maximum Gasteiger partial charge on any atom is 0.434 e. The molecule has 8 nitrogen and oxygen atoms in total. The molecule has 0 saturated heterocycles. The molecule has 0 spiro atoms. The molecule has 4 rings (SSSR count). The molecular weight excluding hydrogens is 471 g/mol. The molecule has 2 heterocycles. The smallest absolute Gasteiger partial charge is 0.391 e. The van der Waals surface area contributed by atoms with Crippen molar-refractivity contribution in [1.82, 2.24) is 14.5 Å². The van der Waals surface area contributed by atoms with Crippen LogP contribution in [0, 0.1) is 26.6 Å². The summed E-state index contributed by atoms with van der Waals surface area (Å²) in [5, 5.41) is 6.54. The summed E-state index contributed by atoms with van der Waals surface area (Å²) in [5.41, 5.74) is 2.82. The minimum atomic E-state index is -4.10. The van der Waals surface area contributed by atoms with Crippen LogP contribution in [-0.2, 0) is 10.0 Å². The van der Waals surface area contributed by atoms with E-state index >= 15 is 4.39 Å². The first-order chi connectivity index (χ1) is 15.4. The molecule has 0 bridgehead atoms. The lowest BCUT2D eigenvalue weighted by atomic mass is 9.87. The molecule has 0 saturated carbocycles. The Labute approximate surface area is 196 Å². The summed E-state index contributed by atoms with van der Waals surface area (Å²) >= 11 is 6.18. The third-order valence-corrected chi connectivity index (χ3v) is 8.45. The van der Waals surface area contributed by atoms with E-state index in [4.69, 9.17) is 16.0 Å². The van der Waals surface area contributed by atoms with E-state index in [1.807, 2.05) is 6.92 Å². The Kier molecular flexibility index (Phi) is 5.88. The fourth-order valence-electron chi connectivity index (χ4n) is 4.52. The van der Waals surface area contributed by atoms with Gasteiger partial charge in [-0.15, -0.1) is 5.10 Å². The maximum atomic E-state index is 15.0. The van der Waals surface area contributed by atoms with Gasteiger partial charge in [0.05, 0.1) is 12.4 Å². The molecule has 33 heavy (non-hydrogen) atoms. The summed E-state index contributed by atoms with van der Waals surface area (Å²) in [4.78, 5) is 13.6. The van der Waals surface area contributed by atoms with Crippen molar-refractivity contribution in [2.24, 2.45) is 0 Å². The SMILES string of the molecule is Cc1ccc(F)c([C@@H](C)[C@@H](c2n[nH]c(=O)o2)N2CN(C)c3cc(Cl)cc(C)c3S2(=O)=O)c1C. The minimum absolute atomic E-state index is 0.0762. The van der Waals surface area contributed by atoms with Crippen LogP contribution in [-0.4, -0.2) is 36.6 Å². The first kappa shape index (κ1) is 23.5. The summed E-state index contributed by atoms with van der Waals surface area (Å²) in [6.07, 6.45) is 0. The van der Waals surface area contributed by atoms with E-state index in [-0.39, 0.29) is 17.5 Å². The third-order valence-electron chi connectivity index (χ3n) is 6.23. The largest absolute Gasteiger partial charge is 0.434 e. The van der Waals surface area contributed by atoms with Crippen molar-refractivity contribution in [3.8, 4) is 0 Å². The number of H-pyrrole nitrogens is 1. The number of aromatic nitrogens is 2. The number of sulfonamides is 1. The first-order valence-corrected chi connectivity index (χ1v) is 12.1. The summed E-state index contributed by atoms with van der Waals surface area (Å²) in [6, 6.07) is 5.10. The first-order valence-electron chi connectivity index (χ1n) is 10.3. The molecular formula is C22H24ClFN4O4S. The van der Waals surface area contributed by atoms with Crippen LogP contribution >= 0.6 is 11.6 Å². The number of nitrogens with one attached hydrogen (secondary N) is 1. The van der Waals surface area contributed by atoms with Crippen LogP contribution in [0.1, 0.15) is 47.0 Å². The van der Waals surface area contributed by atoms with Gasteiger partial charge in [-0.3, -0.25) is 0 Å². The fourth-order valence-corrected chi connectivity index (χ4v) is 6.87. The molecule has 1 N–H and O–H groups in total. The lowest BCUT2D eigenvalue weighted by Gasteiger charge is -2.41. The third kappa shape index (κ3) is 3.85. The Morgan fingerprint density at radius 2 is 1.91 bits per heavy atom. The van der Waals surface area contributed by atoms with E-state index in [0.29, 0.717) is 27.4 Å². The lowest BCUT2D eigenvalue weighted by molar-refractivity contribution is 0.237. The van der Waals surface area contributed by atoms with Crippen LogP contribution in [0.3, 0.4) is 0 Å². The monoisotopic (exact) mass is 494 g/mol. The van der Waals surface area contributed by atoms with Crippen molar-refractivity contribution < 1.29 is 17.2 Å². The second-order valence-corrected chi connectivity index (χ2v) is 10.7. The maximum absolute atomic E-state index is 15.0. The molecule has 1 aliphatic heterocycles. The zero-order valence-electron chi connectivity index (χ0n) is 18.8. The number of nitrogens with zero attached hydrogens (tertiary/aromatic N) is 3. The number of fused-ring (bicyclic) bond motifs is 1. The van der Waals surface area contributed by atoms with Gasteiger partial charge in [0.15, 0.2) is 0 Å². The highest BCUT2D eigenvalue weighted by Gasteiger charge is 2.45. The summed E-state index contributed by atoms with van der Waals surface area (Å²) < 4.78 is 49.2. The minimum Gasteiger partial charge on any atom is -0.391 e. The Morgan fingerprint density at radius 3 is 2.55 bits per heavy atom. The highest BCUT2D eigenvalue weighted by molar-refractivity contribution is 7.89. The molecule has 176 valence electrons. The second-order valence-electron chi connectivity index (χ2n) is 8.39. The average molecular weight is 495 g/mol. The Balaban J connectivity index is 1.95. The normalized spacial score (nSPS) is 17.6. The number of rotatable bonds is 4. The second kappa shape index (κ2) is 8.27. The van der Waals surface area contributed by atoms with Crippen LogP contribution < -0.4 is 10.7 Å². The highest BCUT2D eigenvalue weighted by Crippen LogP contribution is 2.45. The Bertz CT molecular complexity index is 1400. The molecule has 0 amide bonds. The molecule has 0 unspecified atom stereocenters. The van der Waals surface area contributed by atoms with Gasteiger partial charge in [-0.1, -0.05) is 24.6 Å². The lowest BCUT2D eigenvalue weighted by Crippen LogP contribution is -2.48. The average Bonchev–Trinajstić information content (AvgIpc) is 3.14. The summed E-state index contributed by atoms with van der Waals surface area (Å²) in [7, 11) is -2.36. The molecule has 11 heteroatoms.